The summed E-state index contributed by atoms with van der Waals surface area (Å²) in [5, 5.41) is 13.3. The summed E-state index contributed by atoms with van der Waals surface area (Å²) in [7, 11) is -4.49. The van der Waals surface area contributed by atoms with E-state index in [0.29, 0.717) is 23.0 Å². The molecule has 4 N–H and O–H groups in total. The van der Waals surface area contributed by atoms with E-state index >= 15 is 0 Å². The number of alkyl halides is 3. The Balaban J connectivity index is 1.66. The van der Waals surface area contributed by atoms with Crippen LogP contribution < -0.4 is 10.5 Å². The van der Waals surface area contributed by atoms with Gasteiger partial charge in [0, 0.05) is 6.07 Å². The molecule has 2 atom stereocenters. The molecule has 35 heavy (non-hydrogen) atoms. The number of primary amides is 1. The van der Waals surface area contributed by atoms with Crippen LogP contribution >= 0.6 is 11.3 Å². The van der Waals surface area contributed by atoms with Crippen LogP contribution in [0.2, 0.25) is 0 Å². The molecule has 3 aromatic rings. The van der Waals surface area contributed by atoms with E-state index in [9.17, 15) is 36.3 Å². The molecule has 1 aliphatic rings. The van der Waals surface area contributed by atoms with Crippen LogP contribution in [-0.2, 0) is 31.1 Å². The Morgan fingerprint density at radius 2 is 1.91 bits per heavy atom. The number of halogens is 3. The summed E-state index contributed by atoms with van der Waals surface area (Å²) in [6, 6.07) is 11.0. The van der Waals surface area contributed by atoms with E-state index in [0.717, 1.165) is 6.07 Å². The summed E-state index contributed by atoms with van der Waals surface area (Å²) >= 11 is 0.573. The Kier molecular flexibility index (Phi) is 5.89. The lowest BCUT2D eigenvalue weighted by molar-refractivity contribution is -0.155. The largest absolute Gasteiger partial charge is 0.480 e. The SMILES string of the molecule is NC(=O)OCC1(c2ccccc2)CC1(NS(=O)(=O)c1ccc(-c2cc(C(F)(F)F)on2)s1)C(=O)O. The first-order chi connectivity index (χ1) is 16.3. The molecule has 1 aliphatic carbocycles. The van der Waals surface area contributed by atoms with Gasteiger partial charge in [-0.2, -0.15) is 17.9 Å². The number of sulfonamides is 1. The lowest BCUT2D eigenvalue weighted by Gasteiger charge is -2.23. The molecular weight excluding hydrogens is 515 g/mol. The number of rotatable bonds is 8. The first kappa shape index (κ1) is 24.7. The van der Waals surface area contributed by atoms with Gasteiger partial charge in [0.05, 0.1) is 10.3 Å². The topological polar surface area (TPSA) is 162 Å². The van der Waals surface area contributed by atoms with Crippen molar-refractivity contribution in [1.82, 2.24) is 9.88 Å². The number of aromatic nitrogens is 1. The minimum Gasteiger partial charge on any atom is -0.480 e. The second-order valence-corrected chi connectivity index (χ2v) is 10.7. The Morgan fingerprint density at radius 1 is 1.23 bits per heavy atom. The van der Waals surface area contributed by atoms with E-state index < -0.39 is 51.6 Å². The molecule has 0 saturated heterocycles. The van der Waals surface area contributed by atoms with Crippen molar-refractivity contribution in [2.75, 3.05) is 6.61 Å². The molecular formula is C20H16F3N3O7S2. The zero-order valence-corrected chi connectivity index (χ0v) is 19.0. The number of amides is 1. The third-order valence-electron chi connectivity index (χ3n) is 5.61. The minimum absolute atomic E-state index is 0.0520. The van der Waals surface area contributed by atoms with Gasteiger partial charge < -0.3 is 20.1 Å². The standard InChI is InChI=1S/C20H16F3N3O7S2/c21-20(22,23)14-8-12(25-33-14)13-6-7-15(34-13)35(30,31)26-19(16(27)28)9-18(19,10-32-17(24)29)11-4-2-1-3-5-11/h1-8,26H,9-10H2,(H2,24,29)(H,27,28). The van der Waals surface area contributed by atoms with Crippen molar-refractivity contribution in [3.05, 3.63) is 59.9 Å². The Morgan fingerprint density at radius 3 is 2.49 bits per heavy atom. The quantitative estimate of drug-likeness (QED) is 0.400. The molecule has 0 bridgehead atoms. The highest BCUT2D eigenvalue weighted by Crippen LogP contribution is 2.59. The highest BCUT2D eigenvalue weighted by molar-refractivity contribution is 7.91. The third-order valence-corrected chi connectivity index (χ3v) is 8.70. The van der Waals surface area contributed by atoms with Crippen LogP contribution in [0.3, 0.4) is 0 Å². The van der Waals surface area contributed by atoms with Crippen LogP contribution in [0.4, 0.5) is 18.0 Å². The molecule has 186 valence electrons. The number of nitrogens with one attached hydrogen (secondary N) is 1. The molecule has 1 aromatic carbocycles. The maximum Gasteiger partial charge on any atom is 0.452 e. The summed E-state index contributed by atoms with van der Waals surface area (Å²) in [5.74, 6) is -2.87. The number of thiophene rings is 1. The van der Waals surface area contributed by atoms with Gasteiger partial charge in [-0.1, -0.05) is 35.5 Å². The normalized spacial score (nSPS) is 22.0. The molecule has 1 amide bonds. The summed E-state index contributed by atoms with van der Waals surface area (Å²) < 4.78 is 75.6. The molecule has 2 aromatic heterocycles. The first-order valence-electron chi connectivity index (χ1n) is 9.70. The highest BCUT2D eigenvalue weighted by Gasteiger charge is 2.75. The zero-order valence-electron chi connectivity index (χ0n) is 17.4. The Bertz CT molecular complexity index is 1390. The molecule has 10 nitrogen and oxygen atoms in total. The monoisotopic (exact) mass is 531 g/mol. The van der Waals surface area contributed by atoms with Crippen molar-refractivity contribution in [2.24, 2.45) is 5.73 Å². The van der Waals surface area contributed by atoms with Crippen molar-refractivity contribution < 1.29 is 45.5 Å². The van der Waals surface area contributed by atoms with Crippen molar-refractivity contribution >= 4 is 33.4 Å². The summed E-state index contributed by atoms with van der Waals surface area (Å²) in [6.07, 6.45) is -6.18. The molecule has 0 aliphatic heterocycles. The van der Waals surface area contributed by atoms with Gasteiger partial charge in [0.1, 0.15) is 22.0 Å². The van der Waals surface area contributed by atoms with Crippen LogP contribution in [0, 0.1) is 0 Å². The van der Waals surface area contributed by atoms with Crippen molar-refractivity contribution in [3.8, 4) is 10.6 Å². The van der Waals surface area contributed by atoms with Gasteiger partial charge in [0.25, 0.3) is 10.0 Å². The highest BCUT2D eigenvalue weighted by atomic mass is 32.2. The van der Waals surface area contributed by atoms with Crippen LogP contribution in [0.1, 0.15) is 17.7 Å². The van der Waals surface area contributed by atoms with Crippen molar-refractivity contribution in [2.45, 2.75) is 27.8 Å². The number of carboxylic acids is 1. The van der Waals surface area contributed by atoms with Crippen LogP contribution in [0.5, 0.6) is 0 Å². The number of benzene rings is 1. The fourth-order valence-electron chi connectivity index (χ4n) is 3.83. The number of aliphatic carboxylic acids is 1. The van der Waals surface area contributed by atoms with Gasteiger partial charge in [-0.3, -0.25) is 4.79 Å². The second-order valence-electron chi connectivity index (χ2n) is 7.74. The number of carboxylic acid groups (broad SMARTS) is 1. The molecule has 15 heteroatoms. The van der Waals surface area contributed by atoms with Crippen LogP contribution in [-0.4, -0.2) is 42.9 Å². The van der Waals surface area contributed by atoms with E-state index in [4.69, 9.17) is 10.5 Å². The number of carbonyl (C=O) groups is 2. The van der Waals surface area contributed by atoms with E-state index in [1.807, 2.05) is 0 Å². The smallest absolute Gasteiger partial charge is 0.452 e. The summed E-state index contributed by atoms with van der Waals surface area (Å²) in [4.78, 5) is 23.6. The van der Waals surface area contributed by atoms with E-state index in [1.165, 1.54) is 6.07 Å². The summed E-state index contributed by atoms with van der Waals surface area (Å²) in [5.41, 5.74) is 1.68. The molecule has 1 saturated carbocycles. The Hall–Kier alpha value is -3.43. The number of carbonyl (C=O) groups excluding carboxylic acids is 1. The number of ether oxygens (including phenoxy) is 1. The predicted octanol–water partition coefficient (Wildman–Crippen LogP) is 2.96. The minimum atomic E-state index is -4.77. The maximum absolute atomic E-state index is 13.1. The van der Waals surface area contributed by atoms with Crippen molar-refractivity contribution in [1.29, 1.82) is 0 Å². The van der Waals surface area contributed by atoms with Crippen LogP contribution in [0.15, 0.2) is 57.3 Å². The third kappa shape index (κ3) is 4.37. The van der Waals surface area contributed by atoms with Gasteiger partial charge in [-0.05, 0) is 24.1 Å². The molecule has 1 fully saturated rings. The predicted molar refractivity (Wildman–Crippen MR) is 114 cm³/mol. The molecule has 0 spiro atoms. The molecule has 2 unspecified atom stereocenters. The average Bonchev–Trinajstić information content (AvgIpc) is 3.16. The van der Waals surface area contributed by atoms with E-state index in [1.54, 1.807) is 30.3 Å². The van der Waals surface area contributed by atoms with Gasteiger partial charge in [0.2, 0.25) is 5.76 Å². The van der Waals surface area contributed by atoms with Crippen LogP contribution in [0.25, 0.3) is 10.6 Å². The van der Waals surface area contributed by atoms with E-state index in [-0.39, 0.29) is 21.2 Å². The zero-order chi connectivity index (χ0) is 25.6. The second kappa shape index (κ2) is 8.35. The Labute approximate surface area is 199 Å². The molecule has 0 radical (unpaired) electrons. The van der Waals surface area contributed by atoms with Gasteiger partial charge in [-0.15, -0.1) is 11.3 Å². The fourth-order valence-corrected chi connectivity index (χ4v) is 6.51. The first-order valence-corrected chi connectivity index (χ1v) is 12.0. The number of hydrogen-bond acceptors (Lipinski definition) is 8. The number of nitrogens with zero attached hydrogens (tertiary/aromatic N) is 1. The number of nitrogens with two attached hydrogens (primary N) is 1. The fraction of sp³-hybridized carbons (Fsp3) is 0.250. The lowest BCUT2D eigenvalue weighted by Crippen LogP contribution is -2.50. The van der Waals surface area contributed by atoms with Crippen molar-refractivity contribution in [3.63, 3.8) is 0 Å². The average molecular weight is 531 g/mol. The summed E-state index contributed by atoms with van der Waals surface area (Å²) in [6.45, 7) is -0.504. The molecule has 4 rings (SSSR count). The number of hydrogen-bond donors (Lipinski definition) is 3. The van der Waals surface area contributed by atoms with Gasteiger partial charge in [-0.25, -0.2) is 13.2 Å². The van der Waals surface area contributed by atoms with Gasteiger partial charge in [0.15, 0.2) is 0 Å². The maximum atomic E-state index is 13.1. The lowest BCUT2D eigenvalue weighted by atomic mass is 9.91. The molecule has 2 heterocycles. The van der Waals surface area contributed by atoms with Gasteiger partial charge >= 0.3 is 18.2 Å². The van der Waals surface area contributed by atoms with E-state index in [2.05, 4.69) is 14.4 Å².